The second kappa shape index (κ2) is 5.29. The van der Waals surface area contributed by atoms with Crippen molar-refractivity contribution in [2.24, 2.45) is 0 Å². The fraction of sp³-hybridized carbons (Fsp3) is 0.214. The molecule has 0 saturated carbocycles. The SMILES string of the molecule is O=[N+]([O-])c1c(N[C@@H]2CCSc3ccccc32)nc2sccn12. The molecule has 6 nitrogen and oxygen atoms in total. The lowest BCUT2D eigenvalue weighted by atomic mass is 10.0. The van der Waals surface area contributed by atoms with Crippen molar-refractivity contribution >= 4 is 39.7 Å². The summed E-state index contributed by atoms with van der Waals surface area (Å²) in [4.78, 5) is 17.3. The lowest BCUT2D eigenvalue weighted by Gasteiger charge is -2.25. The average Bonchev–Trinajstić information content (AvgIpc) is 3.07. The number of hydrogen-bond donors (Lipinski definition) is 1. The highest BCUT2D eigenvalue weighted by Crippen LogP contribution is 2.39. The summed E-state index contributed by atoms with van der Waals surface area (Å²) in [5.41, 5.74) is 1.18. The Morgan fingerprint density at radius 2 is 2.27 bits per heavy atom. The fourth-order valence-corrected chi connectivity index (χ4v) is 4.54. The quantitative estimate of drug-likeness (QED) is 0.581. The summed E-state index contributed by atoms with van der Waals surface area (Å²) in [6.07, 6.45) is 2.60. The van der Waals surface area contributed by atoms with Crippen LogP contribution in [0.1, 0.15) is 18.0 Å². The van der Waals surface area contributed by atoms with E-state index in [9.17, 15) is 10.1 Å². The molecule has 1 aromatic carbocycles. The number of nitrogens with one attached hydrogen (secondary N) is 1. The molecule has 1 aliphatic rings. The summed E-state index contributed by atoms with van der Waals surface area (Å²) < 4.78 is 1.52. The van der Waals surface area contributed by atoms with Crippen molar-refractivity contribution in [3.8, 4) is 0 Å². The van der Waals surface area contributed by atoms with Crippen molar-refractivity contribution in [3.05, 3.63) is 51.5 Å². The molecule has 4 rings (SSSR count). The number of nitro groups is 1. The van der Waals surface area contributed by atoms with Crippen LogP contribution in [0.3, 0.4) is 0 Å². The maximum absolute atomic E-state index is 11.4. The van der Waals surface area contributed by atoms with E-state index in [4.69, 9.17) is 0 Å². The minimum Gasteiger partial charge on any atom is -0.358 e. The number of aromatic nitrogens is 2. The molecule has 3 aromatic rings. The lowest BCUT2D eigenvalue weighted by Crippen LogP contribution is -2.17. The molecule has 1 N–H and O–H groups in total. The van der Waals surface area contributed by atoms with Crippen molar-refractivity contribution in [2.75, 3.05) is 11.1 Å². The van der Waals surface area contributed by atoms with Crippen LogP contribution in [0.2, 0.25) is 0 Å². The van der Waals surface area contributed by atoms with Crippen molar-refractivity contribution in [1.29, 1.82) is 0 Å². The second-order valence-corrected chi connectivity index (χ2v) is 6.98. The van der Waals surface area contributed by atoms with E-state index in [0.717, 1.165) is 12.2 Å². The molecule has 0 radical (unpaired) electrons. The molecular weight excluding hydrogens is 320 g/mol. The summed E-state index contributed by atoms with van der Waals surface area (Å²) >= 11 is 3.21. The molecular formula is C14H12N4O2S2. The van der Waals surface area contributed by atoms with Gasteiger partial charge in [-0.25, -0.2) is 0 Å². The van der Waals surface area contributed by atoms with Gasteiger partial charge in [0, 0.05) is 16.0 Å². The zero-order valence-electron chi connectivity index (χ0n) is 11.4. The summed E-state index contributed by atoms with van der Waals surface area (Å²) in [7, 11) is 0. The Balaban J connectivity index is 1.74. The number of thioether (sulfide) groups is 1. The second-order valence-electron chi connectivity index (χ2n) is 4.97. The van der Waals surface area contributed by atoms with E-state index in [0.29, 0.717) is 10.8 Å². The maximum atomic E-state index is 11.4. The van der Waals surface area contributed by atoms with E-state index in [-0.39, 0.29) is 16.8 Å². The van der Waals surface area contributed by atoms with Crippen LogP contribution in [0, 0.1) is 10.1 Å². The number of anilines is 1. The lowest BCUT2D eigenvalue weighted by molar-refractivity contribution is -0.389. The van der Waals surface area contributed by atoms with Gasteiger partial charge in [-0.05, 0) is 23.0 Å². The molecule has 0 spiro atoms. The number of benzene rings is 1. The van der Waals surface area contributed by atoms with E-state index in [1.54, 1.807) is 11.6 Å². The predicted molar refractivity (Wildman–Crippen MR) is 87.9 cm³/mol. The fourth-order valence-electron chi connectivity index (χ4n) is 2.70. The first-order valence-corrected chi connectivity index (χ1v) is 8.69. The smallest absolute Gasteiger partial charge is 0.358 e. The Labute approximate surface area is 134 Å². The van der Waals surface area contributed by atoms with Crippen LogP contribution in [-0.4, -0.2) is 20.1 Å². The van der Waals surface area contributed by atoms with Gasteiger partial charge in [-0.15, -0.1) is 11.8 Å². The highest BCUT2D eigenvalue weighted by molar-refractivity contribution is 7.99. The van der Waals surface area contributed by atoms with Gasteiger partial charge in [-0.1, -0.05) is 29.5 Å². The molecule has 1 aliphatic heterocycles. The number of thiazole rings is 1. The molecule has 0 aliphatic carbocycles. The van der Waals surface area contributed by atoms with Gasteiger partial charge in [-0.3, -0.25) is 0 Å². The largest absolute Gasteiger partial charge is 0.372 e. The number of rotatable bonds is 3. The third-order valence-corrected chi connectivity index (χ3v) is 5.56. The first-order chi connectivity index (χ1) is 10.7. The zero-order valence-corrected chi connectivity index (χ0v) is 13.1. The minimum atomic E-state index is -0.376. The van der Waals surface area contributed by atoms with Gasteiger partial charge in [0.05, 0.1) is 6.04 Å². The number of fused-ring (bicyclic) bond motifs is 2. The van der Waals surface area contributed by atoms with Crippen LogP contribution < -0.4 is 5.32 Å². The molecule has 3 heterocycles. The van der Waals surface area contributed by atoms with Crippen LogP contribution in [0.5, 0.6) is 0 Å². The standard InChI is InChI=1S/C14H12N4O2S2/c19-18(20)13-12(16-14-17(13)6-8-22-14)15-10-5-7-21-11-4-2-1-3-9(10)11/h1-4,6,8,10,15H,5,7H2/t10-/m1/s1. The molecule has 8 heteroatoms. The van der Waals surface area contributed by atoms with Crippen LogP contribution in [0.15, 0.2) is 40.7 Å². The molecule has 0 fully saturated rings. The Morgan fingerprint density at radius 3 is 3.14 bits per heavy atom. The average molecular weight is 332 g/mol. The molecule has 2 aromatic heterocycles. The van der Waals surface area contributed by atoms with Crippen LogP contribution in [0.4, 0.5) is 11.6 Å². The van der Waals surface area contributed by atoms with Gasteiger partial charge in [0.25, 0.3) is 4.96 Å². The normalized spacial score (nSPS) is 17.4. The molecule has 0 saturated heterocycles. The van der Waals surface area contributed by atoms with Gasteiger partial charge in [-0.2, -0.15) is 9.38 Å². The van der Waals surface area contributed by atoms with Gasteiger partial charge in [0.15, 0.2) is 0 Å². The predicted octanol–water partition coefficient (Wildman–Crippen LogP) is 3.95. The molecule has 0 bridgehead atoms. The Morgan fingerprint density at radius 1 is 1.41 bits per heavy atom. The molecule has 0 amide bonds. The van der Waals surface area contributed by atoms with Crippen LogP contribution >= 0.6 is 23.1 Å². The van der Waals surface area contributed by atoms with Crippen molar-refractivity contribution in [3.63, 3.8) is 0 Å². The van der Waals surface area contributed by atoms with Gasteiger partial charge < -0.3 is 15.4 Å². The molecule has 0 unspecified atom stereocenters. The number of nitrogens with zero attached hydrogens (tertiary/aromatic N) is 3. The third-order valence-electron chi connectivity index (χ3n) is 3.68. The Bertz CT molecular complexity index is 858. The Kier molecular flexibility index (Phi) is 3.27. The summed E-state index contributed by atoms with van der Waals surface area (Å²) in [6, 6.07) is 8.24. The number of imidazole rings is 1. The number of hydrogen-bond acceptors (Lipinski definition) is 6. The topological polar surface area (TPSA) is 72.5 Å². The van der Waals surface area contributed by atoms with Crippen LogP contribution in [-0.2, 0) is 0 Å². The molecule has 22 heavy (non-hydrogen) atoms. The summed E-state index contributed by atoms with van der Waals surface area (Å²) in [5.74, 6) is 1.35. The van der Waals surface area contributed by atoms with Crippen LogP contribution in [0.25, 0.3) is 4.96 Å². The van der Waals surface area contributed by atoms with Crippen molar-refractivity contribution < 1.29 is 4.92 Å². The van der Waals surface area contributed by atoms with Gasteiger partial charge in [0.2, 0.25) is 5.82 Å². The summed E-state index contributed by atoms with van der Waals surface area (Å²) in [6.45, 7) is 0. The van der Waals surface area contributed by atoms with E-state index < -0.39 is 0 Å². The minimum absolute atomic E-state index is 0.00644. The van der Waals surface area contributed by atoms with E-state index in [1.807, 2.05) is 23.9 Å². The zero-order chi connectivity index (χ0) is 15.1. The van der Waals surface area contributed by atoms with Crippen molar-refractivity contribution in [1.82, 2.24) is 9.38 Å². The first kappa shape index (κ1) is 13.6. The highest BCUT2D eigenvalue weighted by Gasteiger charge is 2.28. The van der Waals surface area contributed by atoms with Gasteiger partial charge >= 0.3 is 5.82 Å². The third kappa shape index (κ3) is 2.15. The highest BCUT2D eigenvalue weighted by atomic mass is 32.2. The molecule has 112 valence electrons. The van der Waals surface area contributed by atoms with E-state index in [2.05, 4.69) is 22.4 Å². The maximum Gasteiger partial charge on any atom is 0.372 e. The monoisotopic (exact) mass is 332 g/mol. The van der Waals surface area contributed by atoms with E-state index >= 15 is 0 Å². The van der Waals surface area contributed by atoms with E-state index in [1.165, 1.54) is 26.2 Å². The Hall–Kier alpha value is -2.06. The summed E-state index contributed by atoms with van der Waals surface area (Å²) in [5, 5.41) is 16.5. The molecule has 1 atom stereocenters. The van der Waals surface area contributed by atoms with Crippen molar-refractivity contribution in [2.45, 2.75) is 17.4 Å². The van der Waals surface area contributed by atoms with Gasteiger partial charge in [0.1, 0.15) is 6.20 Å². The first-order valence-electron chi connectivity index (χ1n) is 6.82.